The average Bonchev–Trinajstić information content (AvgIpc) is 3.14. The lowest BCUT2D eigenvalue weighted by Gasteiger charge is -2.11. The number of carbonyl (C=O) groups excluding carboxylic acids is 1. The predicted octanol–water partition coefficient (Wildman–Crippen LogP) is 2.11. The minimum absolute atomic E-state index is 0. The van der Waals surface area contributed by atoms with Crippen LogP contribution in [0, 0.1) is 0 Å². The summed E-state index contributed by atoms with van der Waals surface area (Å²) in [6.07, 6.45) is 2.28. The van der Waals surface area contributed by atoms with Crippen molar-refractivity contribution in [3.8, 4) is 0 Å². The summed E-state index contributed by atoms with van der Waals surface area (Å²) in [6.45, 7) is 4.14. The van der Waals surface area contributed by atoms with Crippen LogP contribution in [0.1, 0.15) is 24.7 Å². The predicted molar refractivity (Wildman–Crippen MR) is 124 cm³/mol. The molecule has 0 spiro atoms. The van der Waals surface area contributed by atoms with Gasteiger partial charge in [-0.15, -0.1) is 34.2 Å². The normalized spacial score (nSPS) is 11.0. The molecule has 1 aromatic carbocycles. The number of benzene rings is 1. The highest BCUT2D eigenvalue weighted by Crippen LogP contribution is 2.03. The van der Waals surface area contributed by atoms with E-state index in [1.165, 1.54) is 0 Å². The smallest absolute Gasteiger partial charge is 0.222 e. The van der Waals surface area contributed by atoms with Gasteiger partial charge in [-0.05, 0) is 24.6 Å². The Kier molecular flexibility index (Phi) is 9.35. The number of aliphatic imine (C=N–C) groups is 1. The lowest BCUT2D eigenvalue weighted by molar-refractivity contribution is -0.121. The maximum absolute atomic E-state index is 12.0. The van der Waals surface area contributed by atoms with E-state index in [0.717, 1.165) is 23.6 Å². The van der Waals surface area contributed by atoms with Crippen LogP contribution < -0.4 is 16.0 Å². The first kappa shape index (κ1) is 22.6. The average molecular weight is 507 g/mol. The zero-order valence-corrected chi connectivity index (χ0v) is 18.7. The van der Waals surface area contributed by atoms with E-state index in [1.807, 2.05) is 66.1 Å². The minimum Gasteiger partial charge on any atom is -0.357 e. The van der Waals surface area contributed by atoms with Crippen LogP contribution in [0.25, 0.3) is 5.65 Å². The second-order valence-electron chi connectivity index (χ2n) is 6.18. The summed E-state index contributed by atoms with van der Waals surface area (Å²) in [5.74, 6) is 1.40. The van der Waals surface area contributed by atoms with Gasteiger partial charge in [-0.3, -0.25) is 9.20 Å². The lowest BCUT2D eigenvalue weighted by Crippen LogP contribution is -2.39. The first-order valence-corrected chi connectivity index (χ1v) is 9.37. The van der Waals surface area contributed by atoms with Gasteiger partial charge in [-0.1, -0.05) is 36.4 Å². The number of amides is 1. The number of hydrogen-bond acceptors (Lipinski definition) is 4. The Bertz CT molecular complexity index is 927. The quantitative estimate of drug-likeness (QED) is 0.247. The lowest BCUT2D eigenvalue weighted by atomic mass is 10.2. The number of rotatable bonds is 8. The number of fused-ring (bicyclic) bond motifs is 1. The number of nitrogens with zero attached hydrogens (tertiary/aromatic N) is 4. The van der Waals surface area contributed by atoms with Crippen molar-refractivity contribution in [2.75, 3.05) is 13.1 Å². The summed E-state index contributed by atoms with van der Waals surface area (Å²) in [7, 11) is 0. The van der Waals surface area contributed by atoms with Crippen LogP contribution >= 0.6 is 24.0 Å². The molecule has 9 heteroatoms. The maximum Gasteiger partial charge on any atom is 0.222 e. The van der Waals surface area contributed by atoms with Crippen molar-refractivity contribution in [1.82, 2.24) is 30.5 Å². The molecular formula is C20H26IN7O. The van der Waals surface area contributed by atoms with Gasteiger partial charge in [-0.25, -0.2) is 4.99 Å². The van der Waals surface area contributed by atoms with E-state index >= 15 is 0 Å². The van der Waals surface area contributed by atoms with Crippen molar-refractivity contribution >= 4 is 41.5 Å². The third-order valence-corrected chi connectivity index (χ3v) is 4.08. The van der Waals surface area contributed by atoms with E-state index in [0.29, 0.717) is 32.0 Å². The largest absolute Gasteiger partial charge is 0.357 e. The van der Waals surface area contributed by atoms with Gasteiger partial charge >= 0.3 is 0 Å². The van der Waals surface area contributed by atoms with Crippen LogP contribution in [-0.4, -0.2) is 39.6 Å². The van der Waals surface area contributed by atoms with Crippen LogP contribution in [0.15, 0.2) is 59.7 Å². The third-order valence-electron chi connectivity index (χ3n) is 4.08. The molecule has 29 heavy (non-hydrogen) atoms. The molecule has 0 unspecified atom stereocenters. The molecule has 1 amide bonds. The van der Waals surface area contributed by atoms with E-state index in [4.69, 9.17) is 0 Å². The highest BCUT2D eigenvalue weighted by Gasteiger charge is 2.06. The van der Waals surface area contributed by atoms with E-state index < -0.39 is 0 Å². The van der Waals surface area contributed by atoms with E-state index in [1.54, 1.807) is 0 Å². The summed E-state index contributed by atoms with van der Waals surface area (Å²) in [4.78, 5) is 16.5. The number of hydrogen-bond donors (Lipinski definition) is 3. The van der Waals surface area contributed by atoms with Gasteiger partial charge in [0.1, 0.15) is 6.54 Å². The Labute approximate surface area is 187 Å². The Morgan fingerprint density at radius 2 is 1.83 bits per heavy atom. The molecule has 154 valence electrons. The van der Waals surface area contributed by atoms with Gasteiger partial charge in [-0.2, -0.15) is 0 Å². The zero-order valence-electron chi connectivity index (χ0n) is 16.3. The first-order chi connectivity index (χ1) is 13.8. The fourth-order valence-corrected chi connectivity index (χ4v) is 2.67. The third kappa shape index (κ3) is 7.00. The van der Waals surface area contributed by atoms with Gasteiger partial charge in [0.15, 0.2) is 17.4 Å². The van der Waals surface area contributed by atoms with Crippen LogP contribution in [0.2, 0.25) is 0 Å². The Morgan fingerprint density at radius 1 is 1.03 bits per heavy atom. The number of halogens is 1. The van der Waals surface area contributed by atoms with Gasteiger partial charge in [0, 0.05) is 32.3 Å². The van der Waals surface area contributed by atoms with E-state index in [9.17, 15) is 4.79 Å². The van der Waals surface area contributed by atoms with Gasteiger partial charge < -0.3 is 16.0 Å². The minimum atomic E-state index is -0.00403. The molecule has 3 N–H and O–H groups in total. The van der Waals surface area contributed by atoms with E-state index in [2.05, 4.69) is 31.1 Å². The van der Waals surface area contributed by atoms with Crippen molar-refractivity contribution in [2.45, 2.75) is 26.4 Å². The molecule has 0 aliphatic heterocycles. The molecule has 0 radical (unpaired) electrons. The number of guanidine groups is 1. The molecule has 0 fully saturated rings. The summed E-state index contributed by atoms with van der Waals surface area (Å²) < 4.78 is 1.91. The Morgan fingerprint density at radius 3 is 2.62 bits per heavy atom. The topological polar surface area (TPSA) is 95.7 Å². The van der Waals surface area contributed by atoms with Gasteiger partial charge in [0.2, 0.25) is 5.91 Å². The second-order valence-corrected chi connectivity index (χ2v) is 6.18. The van der Waals surface area contributed by atoms with Crippen LogP contribution in [0.4, 0.5) is 0 Å². The van der Waals surface area contributed by atoms with E-state index in [-0.39, 0.29) is 29.9 Å². The number of nitrogens with one attached hydrogen (secondary N) is 3. The van der Waals surface area contributed by atoms with Crippen molar-refractivity contribution in [1.29, 1.82) is 0 Å². The standard InChI is InChI=1S/C20H25N7O.HI/c1-2-21-20(24-15-18-26-25-17-10-6-7-13-27(17)18)22-12-11-19(28)23-14-16-8-4-3-5-9-16;/h3-10,13H,2,11-12,14-15H2,1H3,(H,23,28)(H2,21,22,24);1H. The Hall–Kier alpha value is -2.69. The number of carbonyl (C=O) groups is 1. The molecule has 0 saturated carbocycles. The monoisotopic (exact) mass is 507 g/mol. The molecule has 0 aliphatic carbocycles. The van der Waals surface area contributed by atoms with Crippen LogP contribution in [-0.2, 0) is 17.9 Å². The first-order valence-electron chi connectivity index (χ1n) is 9.37. The van der Waals surface area contributed by atoms with Gasteiger partial charge in [0.05, 0.1) is 0 Å². The number of pyridine rings is 1. The van der Waals surface area contributed by atoms with Crippen LogP contribution in [0.5, 0.6) is 0 Å². The fourth-order valence-electron chi connectivity index (χ4n) is 2.67. The van der Waals surface area contributed by atoms with Crippen molar-refractivity contribution in [2.24, 2.45) is 4.99 Å². The highest BCUT2D eigenvalue weighted by atomic mass is 127. The molecule has 0 saturated heterocycles. The molecule has 3 rings (SSSR count). The molecule has 0 atom stereocenters. The molecule has 8 nitrogen and oxygen atoms in total. The Balaban J connectivity index is 0.00000300. The summed E-state index contributed by atoms with van der Waals surface area (Å²) in [5.41, 5.74) is 1.87. The molecule has 2 aromatic heterocycles. The summed E-state index contributed by atoms with van der Waals surface area (Å²) in [6, 6.07) is 15.6. The summed E-state index contributed by atoms with van der Waals surface area (Å²) >= 11 is 0. The fraction of sp³-hybridized carbons (Fsp3) is 0.300. The SMILES string of the molecule is CCNC(=NCc1nnc2ccccn12)NCCC(=O)NCc1ccccc1.I. The van der Waals surface area contributed by atoms with Crippen molar-refractivity contribution < 1.29 is 4.79 Å². The molecule has 0 aliphatic rings. The highest BCUT2D eigenvalue weighted by molar-refractivity contribution is 14.0. The van der Waals surface area contributed by atoms with Crippen molar-refractivity contribution in [3.05, 3.63) is 66.1 Å². The molecule has 0 bridgehead atoms. The molecular weight excluding hydrogens is 481 g/mol. The number of aromatic nitrogens is 3. The molecule has 2 heterocycles. The summed E-state index contributed by atoms with van der Waals surface area (Å²) in [5, 5.41) is 17.6. The zero-order chi connectivity index (χ0) is 19.6. The maximum atomic E-state index is 12.0. The van der Waals surface area contributed by atoms with Crippen molar-refractivity contribution in [3.63, 3.8) is 0 Å². The molecule has 3 aromatic rings. The van der Waals surface area contributed by atoms with Crippen LogP contribution in [0.3, 0.4) is 0 Å². The second kappa shape index (κ2) is 12.0. The van der Waals surface area contributed by atoms with Gasteiger partial charge in [0.25, 0.3) is 0 Å².